The van der Waals surface area contributed by atoms with Crippen LogP contribution in [-0.2, 0) is 23.9 Å². The van der Waals surface area contributed by atoms with E-state index in [9.17, 15) is 34.8 Å². The third-order valence-corrected chi connectivity index (χ3v) is 10.5. The van der Waals surface area contributed by atoms with Crippen LogP contribution in [-0.4, -0.2) is 74.8 Å². The van der Waals surface area contributed by atoms with Gasteiger partial charge in [0, 0.05) is 12.3 Å². The largest absolute Gasteiger partial charge is 0.479 e. The van der Waals surface area contributed by atoms with Crippen molar-refractivity contribution in [2.75, 3.05) is 0 Å². The van der Waals surface area contributed by atoms with Crippen molar-refractivity contribution in [1.29, 1.82) is 0 Å². The number of aliphatic carboxylic acids is 1. The van der Waals surface area contributed by atoms with Gasteiger partial charge in [0.15, 0.2) is 18.2 Å². The Balaban J connectivity index is 1.53. The molecule has 9 nitrogen and oxygen atoms in total. The second kappa shape index (κ2) is 8.98. The van der Waals surface area contributed by atoms with Gasteiger partial charge in [0.05, 0.1) is 6.10 Å². The highest BCUT2D eigenvalue weighted by atomic mass is 16.7. The minimum absolute atomic E-state index is 0.0162. The summed E-state index contributed by atoms with van der Waals surface area (Å²) in [6, 6.07) is 0. The molecule has 0 radical (unpaired) electrons. The smallest absolute Gasteiger partial charge is 0.335 e. The first-order valence-electron chi connectivity index (χ1n) is 13.2. The summed E-state index contributed by atoms with van der Waals surface area (Å²) in [7, 11) is 0. The van der Waals surface area contributed by atoms with Crippen molar-refractivity contribution in [1.82, 2.24) is 0 Å². The molecule has 0 aromatic rings. The lowest BCUT2D eigenvalue weighted by Gasteiger charge is -2.61. The van der Waals surface area contributed by atoms with Crippen LogP contribution >= 0.6 is 0 Å². The number of allylic oxidation sites excluding steroid dienone is 1. The standard InChI is InChI=1S/C27H38O9/c1-12(28)16-6-7-17-15-5-4-13-10-14(29)8-9-26(13,2)19(15)18(11-27(16,17)3)35-25-22(32)20(30)21(31)23(36-25)24(33)34/h10,15-23,25,30-32H,4-9,11H2,1-3H3,(H,33,34)/t15?,16?,17?,18?,19?,20?,21?,22?,23?,25?,26-,27+/m0/s1. The van der Waals surface area contributed by atoms with Crippen molar-refractivity contribution >= 4 is 17.5 Å². The summed E-state index contributed by atoms with van der Waals surface area (Å²) >= 11 is 0. The van der Waals surface area contributed by atoms with Crippen molar-refractivity contribution < 1.29 is 44.3 Å². The van der Waals surface area contributed by atoms with Crippen molar-refractivity contribution in [3.63, 3.8) is 0 Å². The van der Waals surface area contributed by atoms with Gasteiger partial charge in [0.25, 0.3) is 0 Å². The van der Waals surface area contributed by atoms with Crippen LogP contribution in [0.4, 0.5) is 0 Å². The van der Waals surface area contributed by atoms with Crippen LogP contribution in [0.1, 0.15) is 65.7 Å². The molecule has 0 bridgehead atoms. The van der Waals surface area contributed by atoms with E-state index in [0.29, 0.717) is 25.2 Å². The maximum Gasteiger partial charge on any atom is 0.335 e. The van der Waals surface area contributed by atoms with Crippen molar-refractivity contribution in [2.45, 2.75) is 103 Å². The lowest BCUT2D eigenvalue weighted by molar-refractivity contribution is -0.320. The molecule has 4 N–H and O–H groups in total. The molecule has 3 saturated carbocycles. The highest BCUT2D eigenvalue weighted by molar-refractivity contribution is 5.91. The van der Waals surface area contributed by atoms with Crippen LogP contribution in [0.3, 0.4) is 0 Å². The van der Waals surface area contributed by atoms with Gasteiger partial charge < -0.3 is 29.9 Å². The predicted molar refractivity (Wildman–Crippen MR) is 125 cm³/mol. The molecule has 1 aliphatic heterocycles. The van der Waals surface area contributed by atoms with E-state index < -0.39 is 42.8 Å². The Morgan fingerprint density at radius 2 is 1.78 bits per heavy atom. The number of carbonyl (C=O) groups excluding carboxylic acids is 2. The minimum atomic E-state index is -1.79. The number of rotatable bonds is 4. The molecule has 0 amide bonds. The molecule has 200 valence electrons. The summed E-state index contributed by atoms with van der Waals surface area (Å²) in [5, 5.41) is 40.7. The maximum atomic E-state index is 12.7. The van der Waals surface area contributed by atoms with E-state index in [1.54, 1.807) is 13.0 Å². The molecule has 0 aromatic heterocycles. The van der Waals surface area contributed by atoms with Crippen molar-refractivity contribution in [3.8, 4) is 0 Å². The van der Waals surface area contributed by atoms with Gasteiger partial charge in [-0.3, -0.25) is 9.59 Å². The van der Waals surface area contributed by atoms with Gasteiger partial charge in [-0.1, -0.05) is 19.4 Å². The first-order valence-corrected chi connectivity index (χ1v) is 13.2. The van der Waals surface area contributed by atoms with E-state index in [1.807, 2.05) is 0 Å². The Morgan fingerprint density at radius 3 is 2.44 bits per heavy atom. The Morgan fingerprint density at radius 1 is 1.06 bits per heavy atom. The van der Waals surface area contributed by atoms with Gasteiger partial charge in [-0.15, -0.1) is 0 Å². The summed E-state index contributed by atoms with van der Waals surface area (Å²) < 4.78 is 11.9. The number of hydrogen-bond acceptors (Lipinski definition) is 8. The molecule has 10 unspecified atom stereocenters. The Bertz CT molecular complexity index is 976. The van der Waals surface area contributed by atoms with Crippen LogP contribution in [0.2, 0.25) is 0 Å². The van der Waals surface area contributed by atoms with Gasteiger partial charge in [-0.25, -0.2) is 4.79 Å². The number of aliphatic hydroxyl groups excluding tert-OH is 3. The van der Waals surface area contributed by atoms with Gasteiger partial charge >= 0.3 is 5.97 Å². The van der Waals surface area contributed by atoms with E-state index in [4.69, 9.17) is 9.47 Å². The highest BCUT2D eigenvalue weighted by Gasteiger charge is 2.64. The average Bonchev–Trinajstić information content (AvgIpc) is 3.16. The number of ether oxygens (including phenoxy) is 2. The van der Waals surface area contributed by atoms with E-state index in [-0.39, 0.29) is 40.2 Å². The fraction of sp³-hybridized carbons (Fsp3) is 0.815. The molecule has 9 heteroatoms. The minimum Gasteiger partial charge on any atom is -0.479 e. The number of carbonyl (C=O) groups is 3. The fourth-order valence-corrected chi connectivity index (χ4v) is 8.78. The van der Waals surface area contributed by atoms with Gasteiger partial charge in [-0.05, 0) is 80.1 Å². The monoisotopic (exact) mass is 506 g/mol. The fourth-order valence-electron chi connectivity index (χ4n) is 8.78. The van der Waals surface area contributed by atoms with E-state index in [0.717, 1.165) is 31.3 Å². The molecule has 0 spiro atoms. The van der Waals surface area contributed by atoms with E-state index >= 15 is 0 Å². The molecular formula is C27H38O9. The average molecular weight is 507 g/mol. The summed E-state index contributed by atoms with van der Waals surface area (Å²) in [6.07, 6.45) is -1.93. The quantitative estimate of drug-likeness (QED) is 0.446. The second-order valence-electron chi connectivity index (χ2n) is 12.2. The van der Waals surface area contributed by atoms with Crippen LogP contribution in [0.15, 0.2) is 11.6 Å². The molecule has 5 aliphatic rings. The van der Waals surface area contributed by atoms with Crippen LogP contribution in [0.5, 0.6) is 0 Å². The van der Waals surface area contributed by atoms with Gasteiger partial charge in [0.1, 0.15) is 24.1 Å². The Kier molecular flexibility index (Phi) is 6.48. The zero-order valence-corrected chi connectivity index (χ0v) is 21.1. The van der Waals surface area contributed by atoms with Crippen molar-refractivity contribution in [3.05, 3.63) is 11.6 Å². The van der Waals surface area contributed by atoms with E-state index in [1.165, 1.54) is 0 Å². The zero-order chi connectivity index (χ0) is 26.2. The highest BCUT2D eigenvalue weighted by Crippen LogP contribution is 2.67. The number of fused-ring (bicyclic) bond motifs is 5. The second-order valence-corrected chi connectivity index (χ2v) is 12.2. The molecule has 36 heavy (non-hydrogen) atoms. The molecule has 0 aromatic carbocycles. The number of hydrogen-bond donors (Lipinski definition) is 4. The lowest BCUT2D eigenvalue weighted by Crippen LogP contribution is -2.63. The topological polar surface area (TPSA) is 151 Å². The van der Waals surface area contributed by atoms with Crippen LogP contribution in [0, 0.1) is 34.5 Å². The Labute approximate surface area is 210 Å². The molecule has 5 rings (SSSR count). The normalized spacial score (nSPS) is 50.5. The third-order valence-electron chi connectivity index (χ3n) is 10.5. The molecule has 12 atom stereocenters. The number of aliphatic hydroxyl groups is 3. The number of Topliss-reactive ketones (excluding diaryl/α,β-unsaturated/α-hetero) is 1. The maximum absolute atomic E-state index is 12.7. The van der Waals surface area contributed by atoms with Crippen LogP contribution < -0.4 is 0 Å². The summed E-state index contributed by atoms with van der Waals surface area (Å²) in [5.74, 6) is -0.737. The van der Waals surface area contributed by atoms with Gasteiger partial charge in [-0.2, -0.15) is 0 Å². The zero-order valence-electron chi connectivity index (χ0n) is 21.1. The van der Waals surface area contributed by atoms with Crippen LogP contribution in [0.25, 0.3) is 0 Å². The Hall–Kier alpha value is -1.65. The summed E-state index contributed by atoms with van der Waals surface area (Å²) in [5.41, 5.74) is 0.493. The number of carboxylic acid groups (broad SMARTS) is 1. The SMILES string of the molecule is CC(=O)C1CCC2C3CCC4=CC(=O)CC[C@]4(C)C3C(OC3OC(C(=O)O)C(O)C(O)C3O)C[C@]12C. The molecule has 4 aliphatic carbocycles. The third kappa shape index (κ3) is 3.81. The summed E-state index contributed by atoms with van der Waals surface area (Å²) in [4.78, 5) is 36.6. The lowest BCUT2D eigenvalue weighted by atomic mass is 9.46. The first kappa shape index (κ1) is 26.0. The number of carboxylic acids is 1. The number of ketones is 2. The molecule has 4 fully saturated rings. The molecular weight excluding hydrogens is 468 g/mol. The van der Waals surface area contributed by atoms with E-state index in [2.05, 4.69) is 13.8 Å². The predicted octanol–water partition coefficient (Wildman–Crippen LogP) is 1.61. The first-order chi connectivity index (χ1) is 16.9. The molecule has 1 saturated heterocycles. The molecule has 1 heterocycles. The summed E-state index contributed by atoms with van der Waals surface area (Å²) in [6.45, 7) is 5.97. The van der Waals surface area contributed by atoms with Crippen molar-refractivity contribution in [2.24, 2.45) is 34.5 Å². The van der Waals surface area contributed by atoms with Gasteiger partial charge in [0.2, 0.25) is 0 Å².